The molecule has 16 heavy (non-hydrogen) atoms. The van der Waals surface area contributed by atoms with Crippen LogP contribution in [0.15, 0.2) is 23.3 Å². The van der Waals surface area contributed by atoms with Crippen LogP contribution in [-0.2, 0) is 0 Å². The molecular weight excluding hydrogens is 194 g/mol. The molecule has 94 valence electrons. The minimum atomic E-state index is 0.612. The first kappa shape index (κ1) is 15.4. The second-order valence-corrected chi connectivity index (χ2v) is 4.92. The fraction of sp³-hybridized carbons (Fsp3) is 0.733. The van der Waals surface area contributed by atoms with Crippen LogP contribution < -0.4 is 0 Å². The molecule has 1 rings (SSSR count). The third kappa shape index (κ3) is 3.79. The molecule has 0 aromatic carbocycles. The maximum atomic E-state index is 4.09. The van der Waals surface area contributed by atoms with Crippen molar-refractivity contribution in [2.24, 2.45) is 5.92 Å². The number of rotatable bonds is 2. The lowest BCUT2D eigenvalue weighted by Crippen LogP contribution is -2.21. The van der Waals surface area contributed by atoms with E-state index < -0.39 is 0 Å². The Morgan fingerprint density at radius 3 is 2.12 bits per heavy atom. The Hall–Kier alpha value is -0.560. The normalized spacial score (nSPS) is 24.1. The Bertz CT molecular complexity index is 249. The lowest BCUT2D eigenvalue weighted by Gasteiger charge is -2.15. The van der Waals surface area contributed by atoms with E-state index in [1.807, 2.05) is 13.8 Å². The highest BCUT2D eigenvalue weighted by atomic mass is 15.1. The lowest BCUT2D eigenvalue weighted by molar-refractivity contribution is 0.332. The molecule has 1 nitrogen and oxygen atoms in total. The molecule has 1 heterocycles. The van der Waals surface area contributed by atoms with E-state index in [0.717, 1.165) is 6.54 Å². The van der Waals surface area contributed by atoms with Gasteiger partial charge >= 0.3 is 0 Å². The van der Waals surface area contributed by atoms with Gasteiger partial charge in [-0.05, 0) is 38.8 Å². The van der Waals surface area contributed by atoms with Crippen molar-refractivity contribution in [3.63, 3.8) is 0 Å². The van der Waals surface area contributed by atoms with E-state index in [-0.39, 0.29) is 0 Å². The van der Waals surface area contributed by atoms with Gasteiger partial charge in [0.25, 0.3) is 0 Å². The molecule has 0 aromatic rings. The van der Waals surface area contributed by atoms with Crippen LogP contribution in [0.3, 0.4) is 0 Å². The minimum Gasteiger partial charge on any atom is -0.299 e. The quantitative estimate of drug-likeness (QED) is 0.676. The van der Waals surface area contributed by atoms with E-state index in [9.17, 15) is 0 Å². The highest BCUT2D eigenvalue weighted by molar-refractivity contribution is 5.36. The fourth-order valence-corrected chi connectivity index (χ4v) is 2.43. The summed E-state index contributed by atoms with van der Waals surface area (Å²) in [6.45, 7) is 18.2. The van der Waals surface area contributed by atoms with Crippen molar-refractivity contribution < 1.29 is 0 Å². The molecular formula is C15H29N. The van der Waals surface area contributed by atoms with Crippen molar-refractivity contribution in [2.45, 2.75) is 54.0 Å². The number of likely N-dealkylation sites (N-methyl/N-ethyl adjacent to an activating group) is 1. The molecule has 1 fully saturated rings. The average molecular weight is 223 g/mol. The van der Waals surface area contributed by atoms with Gasteiger partial charge in [-0.2, -0.15) is 0 Å². The van der Waals surface area contributed by atoms with Gasteiger partial charge in [0.15, 0.2) is 0 Å². The van der Waals surface area contributed by atoms with E-state index in [1.54, 1.807) is 5.57 Å². The summed E-state index contributed by atoms with van der Waals surface area (Å²) in [6.07, 6.45) is 1.22. The average Bonchev–Trinajstić information content (AvgIpc) is 2.48. The van der Waals surface area contributed by atoms with Crippen molar-refractivity contribution >= 4 is 0 Å². The fourth-order valence-electron chi connectivity index (χ4n) is 2.43. The van der Waals surface area contributed by atoms with Crippen LogP contribution in [0.5, 0.6) is 0 Å². The molecule has 1 atom stereocenters. The van der Waals surface area contributed by atoms with Crippen LogP contribution in [-0.4, -0.2) is 24.5 Å². The number of hydrogen-bond acceptors (Lipinski definition) is 1. The molecule has 0 aliphatic carbocycles. The van der Waals surface area contributed by atoms with Gasteiger partial charge in [-0.1, -0.05) is 45.4 Å². The van der Waals surface area contributed by atoms with Gasteiger partial charge in [-0.3, -0.25) is 4.90 Å². The largest absolute Gasteiger partial charge is 0.299 e. The maximum Gasteiger partial charge on any atom is 0.0199 e. The summed E-state index contributed by atoms with van der Waals surface area (Å²) in [5, 5.41) is 0. The zero-order valence-electron chi connectivity index (χ0n) is 12.2. The van der Waals surface area contributed by atoms with Crippen molar-refractivity contribution in [2.75, 3.05) is 13.6 Å². The van der Waals surface area contributed by atoms with Crippen molar-refractivity contribution in [3.05, 3.63) is 23.3 Å². The minimum absolute atomic E-state index is 0.612. The first-order chi connectivity index (χ1) is 7.43. The van der Waals surface area contributed by atoms with Crippen molar-refractivity contribution in [3.8, 4) is 0 Å². The van der Waals surface area contributed by atoms with Crippen LogP contribution >= 0.6 is 0 Å². The zero-order chi connectivity index (χ0) is 12.9. The van der Waals surface area contributed by atoms with Gasteiger partial charge in [-0.15, -0.1) is 0 Å². The Balaban J connectivity index is 0.00000106. The van der Waals surface area contributed by atoms with Gasteiger partial charge in [0.1, 0.15) is 0 Å². The molecule has 1 heteroatoms. The third-order valence-corrected chi connectivity index (χ3v) is 3.15. The zero-order valence-corrected chi connectivity index (χ0v) is 12.2. The van der Waals surface area contributed by atoms with E-state index >= 15 is 0 Å². The monoisotopic (exact) mass is 223 g/mol. The summed E-state index contributed by atoms with van der Waals surface area (Å²) in [7, 11) is 2.20. The van der Waals surface area contributed by atoms with Crippen LogP contribution in [0.4, 0.5) is 0 Å². The highest BCUT2D eigenvalue weighted by Crippen LogP contribution is 2.30. The molecule has 0 saturated carbocycles. The second kappa shape index (κ2) is 6.90. The molecule has 1 unspecified atom stereocenters. The van der Waals surface area contributed by atoms with Gasteiger partial charge < -0.3 is 0 Å². The van der Waals surface area contributed by atoms with Crippen LogP contribution in [0, 0.1) is 5.92 Å². The molecule has 0 bridgehead atoms. The second-order valence-electron chi connectivity index (χ2n) is 4.92. The summed E-state index contributed by atoms with van der Waals surface area (Å²) in [6, 6.07) is 0.693. The molecule has 1 aliphatic rings. The Kier molecular flexibility index (Phi) is 6.66. The molecule has 1 saturated heterocycles. The van der Waals surface area contributed by atoms with Gasteiger partial charge in [0, 0.05) is 12.6 Å². The number of likely N-dealkylation sites (tertiary alicyclic amines) is 1. The predicted molar refractivity (Wildman–Crippen MR) is 74.7 cm³/mol. The summed E-state index contributed by atoms with van der Waals surface area (Å²) in [5.74, 6) is 0.612. The van der Waals surface area contributed by atoms with Crippen LogP contribution in [0.1, 0.15) is 48.0 Å². The smallest absolute Gasteiger partial charge is 0.0199 e. The highest BCUT2D eigenvalue weighted by Gasteiger charge is 2.24. The molecule has 0 amide bonds. The first-order valence-electron chi connectivity index (χ1n) is 6.51. The van der Waals surface area contributed by atoms with Gasteiger partial charge in [-0.25, -0.2) is 0 Å². The lowest BCUT2D eigenvalue weighted by atomic mass is 9.91. The molecule has 0 spiro atoms. The van der Waals surface area contributed by atoms with E-state index in [4.69, 9.17) is 0 Å². The van der Waals surface area contributed by atoms with E-state index in [2.05, 4.69) is 46.2 Å². The van der Waals surface area contributed by atoms with Gasteiger partial charge in [0.2, 0.25) is 0 Å². The molecule has 1 aliphatic heterocycles. The Morgan fingerprint density at radius 1 is 1.38 bits per heavy atom. The number of nitrogens with zero attached hydrogens (tertiary/aromatic N) is 1. The van der Waals surface area contributed by atoms with E-state index in [0.29, 0.717) is 12.0 Å². The number of allylic oxidation sites excluding steroid dienone is 2. The van der Waals surface area contributed by atoms with E-state index in [1.165, 1.54) is 17.6 Å². The molecule has 0 aromatic heterocycles. The topological polar surface area (TPSA) is 3.24 Å². The number of hydrogen-bond donors (Lipinski definition) is 0. The Labute approximate surface area is 102 Å². The maximum absolute atomic E-state index is 4.09. The standard InChI is InChI=1S/C13H23N.C2H6/c1-9(2)13(10(3)4)12-7-11(5)14(6)8-12;1-2/h10-11H,1,7-8H2,2-6H3;1-2H3/b13-12-;. The Morgan fingerprint density at radius 2 is 1.88 bits per heavy atom. The predicted octanol–water partition coefficient (Wildman–Crippen LogP) is 4.27. The summed E-state index contributed by atoms with van der Waals surface area (Å²) < 4.78 is 0. The van der Waals surface area contributed by atoms with Crippen molar-refractivity contribution in [1.82, 2.24) is 4.90 Å². The van der Waals surface area contributed by atoms with Crippen LogP contribution in [0.2, 0.25) is 0 Å². The SMILES string of the molecule is C=C(C)/C(=C1\CC(C)N(C)C1)C(C)C.CC. The molecule has 0 radical (unpaired) electrons. The van der Waals surface area contributed by atoms with Crippen molar-refractivity contribution in [1.29, 1.82) is 0 Å². The molecule has 0 N–H and O–H groups in total. The first-order valence-corrected chi connectivity index (χ1v) is 6.51. The van der Waals surface area contributed by atoms with Crippen LogP contribution in [0.25, 0.3) is 0 Å². The van der Waals surface area contributed by atoms with Gasteiger partial charge in [0.05, 0.1) is 0 Å². The third-order valence-electron chi connectivity index (χ3n) is 3.15. The summed E-state index contributed by atoms with van der Waals surface area (Å²) >= 11 is 0. The summed E-state index contributed by atoms with van der Waals surface area (Å²) in [4.78, 5) is 2.42. The summed E-state index contributed by atoms with van der Waals surface area (Å²) in [5.41, 5.74) is 4.35.